The molecule has 92 valence electrons. The molecular formula is C14H13NO2S. The second-order valence-electron chi connectivity index (χ2n) is 4.40. The molecule has 1 aliphatic heterocycles. The predicted octanol–water partition coefficient (Wildman–Crippen LogP) is 2.52. The molecule has 18 heavy (non-hydrogen) atoms. The van der Waals surface area contributed by atoms with Crippen LogP contribution >= 0.6 is 0 Å². The largest absolute Gasteiger partial charge is 0.295 e. The minimum Gasteiger partial charge on any atom is -0.295 e. The number of aromatic nitrogens is 1. The van der Waals surface area contributed by atoms with E-state index < -0.39 is 10.8 Å². The van der Waals surface area contributed by atoms with Crippen molar-refractivity contribution < 1.29 is 9.00 Å². The van der Waals surface area contributed by atoms with Gasteiger partial charge >= 0.3 is 0 Å². The van der Waals surface area contributed by atoms with Gasteiger partial charge in [-0.2, -0.15) is 0 Å². The van der Waals surface area contributed by atoms with Crippen LogP contribution in [-0.4, -0.2) is 14.7 Å². The first-order chi connectivity index (χ1) is 8.75. The van der Waals surface area contributed by atoms with Gasteiger partial charge in [0.25, 0.3) is 0 Å². The molecule has 0 saturated carbocycles. The number of hydrogen-bond donors (Lipinski definition) is 0. The quantitative estimate of drug-likeness (QED) is 0.831. The first kappa shape index (κ1) is 11.4. The van der Waals surface area contributed by atoms with Crippen LogP contribution in [-0.2, 0) is 16.6 Å². The molecule has 2 atom stereocenters. The molecule has 0 aliphatic carbocycles. The maximum Gasteiger partial charge on any atom is 0.232 e. The first-order valence-corrected chi connectivity index (χ1v) is 7.25. The highest BCUT2D eigenvalue weighted by Crippen LogP contribution is 2.35. The van der Waals surface area contributed by atoms with Crippen LogP contribution < -0.4 is 0 Å². The fourth-order valence-electron chi connectivity index (χ4n) is 2.34. The van der Waals surface area contributed by atoms with Crippen LogP contribution in [0.2, 0.25) is 0 Å². The summed E-state index contributed by atoms with van der Waals surface area (Å²) in [5.74, 6) is 0.565. The van der Waals surface area contributed by atoms with Crippen molar-refractivity contribution in [1.29, 1.82) is 0 Å². The van der Waals surface area contributed by atoms with Gasteiger partial charge in [-0.25, -0.2) is 0 Å². The summed E-state index contributed by atoms with van der Waals surface area (Å²) in [6.07, 6.45) is 3.76. The van der Waals surface area contributed by atoms with Crippen molar-refractivity contribution in [2.75, 3.05) is 0 Å². The Labute approximate surface area is 108 Å². The summed E-state index contributed by atoms with van der Waals surface area (Å²) < 4.78 is 13.6. The summed E-state index contributed by atoms with van der Waals surface area (Å²) in [4.78, 5) is 12.0. The smallest absolute Gasteiger partial charge is 0.232 e. The molecule has 4 heteroatoms. The van der Waals surface area contributed by atoms with Gasteiger partial charge in [0.15, 0.2) is 0 Å². The van der Waals surface area contributed by atoms with E-state index in [1.807, 2.05) is 36.4 Å². The van der Waals surface area contributed by atoms with Gasteiger partial charge in [-0.15, -0.1) is 0 Å². The molecule has 0 saturated heterocycles. The van der Waals surface area contributed by atoms with Crippen LogP contribution in [0.15, 0.2) is 48.8 Å². The van der Waals surface area contributed by atoms with Crippen LogP contribution in [0.3, 0.4) is 0 Å². The summed E-state index contributed by atoms with van der Waals surface area (Å²) in [5, 5.41) is -0.156. The lowest BCUT2D eigenvalue weighted by atomic mass is 10.0. The summed E-state index contributed by atoms with van der Waals surface area (Å²) in [5.41, 5.74) is 2.18. The van der Waals surface area contributed by atoms with Crippen LogP contribution in [0.4, 0.5) is 0 Å². The van der Waals surface area contributed by atoms with Crippen LogP contribution in [0, 0.1) is 0 Å². The number of fused-ring (bicyclic) bond motifs is 1. The Morgan fingerprint density at radius 3 is 2.72 bits per heavy atom. The van der Waals surface area contributed by atoms with Crippen LogP contribution in [0.1, 0.15) is 27.6 Å². The third-order valence-electron chi connectivity index (χ3n) is 3.27. The lowest BCUT2D eigenvalue weighted by molar-refractivity contribution is 0.0902. The molecule has 0 fully saturated rings. The van der Waals surface area contributed by atoms with E-state index in [2.05, 4.69) is 0 Å². The maximum absolute atomic E-state index is 12.1. The predicted molar refractivity (Wildman–Crippen MR) is 70.7 cm³/mol. The van der Waals surface area contributed by atoms with Gasteiger partial charge in [-0.3, -0.25) is 13.6 Å². The van der Waals surface area contributed by atoms with Gasteiger partial charge in [-0.05, 0) is 23.3 Å². The van der Waals surface area contributed by atoms with E-state index in [-0.39, 0.29) is 11.2 Å². The zero-order valence-corrected chi connectivity index (χ0v) is 10.6. The average molecular weight is 259 g/mol. The van der Waals surface area contributed by atoms with Crippen LogP contribution in [0.25, 0.3) is 0 Å². The normalized spacial score (nSPS) is 21.8. The molecule has 0 bridgehead atoms. The molecule has 0 radical (unpaired) electrons. The van der Waals surface area contributed by atoms with Gasteiger partial charge in [-0.1, -0.05) is 24.3 Å². The van der Waals surface area contributed by atoms with Crippen LogP contribution in [0.5, 0.6) is 0 Å². The first-order valence-electron chi connectivity index (χ1n) is 5.87. The van der Waals surface area contributed by atoms with Crippen molar-refractivity contribution in [3.05, 3.63) is 59.9 Å². The second kappa shape index (κ2) is 4.53. The van der Waals surface area contributed by atoms with E-state index in [1.54, 1.807) is 17.0 Å². The Balaban J connectivity index is 1.85. The van der Waals surface area contributed by atoms with Gasteiger partial charge in [0.1, 0.15) is 0 Å². The fraction of sp³-hybridized carbons (Fsp3) is 0.214. The number of rotatable bonds is 2. The Morgan fingerprint density at radius 1 is 1.22 bits per heavy atom. The van der Waals surface area contributed by atoms with Gasteiger partial charge in [0.2, 0.25) is 5.91 Å². The number of carbonyl (C=O) groups excluding carboxylic acids is 1. The topological polar surface area (TPSA) is 39.1 Å². The fourth-order valence-corrected chi connectivity index (χ4v) is 3.96. The van der Waals surface area contributed by atoms with Crippen molar-refractivity contribution in [2.45, 2.75) is 17.4 Å². The van der Waals surface area contributed by atoms with E-state index in [4.69, 9.17) is 0 Å². The third-order valence-corrected chi connectivity index (χ3v) is 4.92. The minimum absolute atomic E-state index is 0.00458. The highest BCUT2D eigenvalue weighted by molar-refractivity contribution is 7.84. The van der Waals surface area contributed by atoms with E-state index in [9.17, 15) is 9.00 Å². The number of benzene rings is 1. The summed E-state index contributed by atoms with van der Waals surface area (Å²) in [7, 11) is -0.973. The highest BCUT2D eigenvalue weighted by Gasteiger charge is 2.30. The third kappa shape index (κ3) is 1.93. The van der Waals surface area contributed by atoms with Crippen molar-refractivity contribution in [3.63, 3.8) is 0 Å². The maximum atomic E-state index is 12.1. The SMILES string of the molecule is O=C(C[C@H]1c2ccccc2CS1=O)n1cccc1. The van der Waals surface area contributed by atoms with Gasteiger partial charge in [0, 0.05) is 35.4 Å². The number of nitrogens with zero attached hydrogens (tertiary/aromatic N) is 1. The van der Waals surface area contributed by atoms with E-state index in [0.29, 0.717) is 12.2 Å². The highest BCUT2D eigenvalue weighted by atomic mass is 32.2. The molecule has 1 aliphatic rings. The van der Waals surface area contributed by atoms with Crippen molar-refractivity contribution >= 4 is 16.7 Å². The molecule has 2 aromatic rings. The monoisotopic (exact) mass is 259 g/mol. The molecule has 1 aromatic heterocycles. The average Bonchev–Trinajstić information content (AvgIpc) is 2.98. The summed E-state index contributed by atoms with van der Waals surface area (Å²) >= 11 is 0. The Kier molecular flexibility index (Phi) is 2.88. The van der Waals surface area contributed by atoms with E-state index in [1.165, 1.54) is 0 Å². The number of carbonyl (C=O) groups is 1. The zero-order valence-electron chi connectivity index (χ0n) is 9.78. The van der Waals surface area contributed by atoms with Crippen molar-refractivity contribution in [2.24, 2.45) is 0 Å². The van der Waals surface area contributed by atoms with E-state index >= 15 is 0 Å². The Bertz CT molecular complexity index is 604. The Morgan fingerprint density at radius 2 is 1.94 bits per heavy atom. The van der Waals surface area contributed by atoms with Gasteiger partial charge < -0.3 is 0 Å². The molecular weight excluding hydrogens is 246 g/mol. The molecule has 2 heterocycles. The minimum atomic E-state index is -0.973. The van der Waals surface area contributed by atoms with E-state index in [0.717, 1.165) is 11.1 Å². The standard InChI is InChI=1S/C14H13NO2S/c16-14(15-7-3-4-8-15)9-13-12-6-2-1-5-11(12)10-18(13)17/h1-8,13H,9-10H2/t13-,18?/m0/s1. The molecule has 0 amide bonds. The molecule has 3 rings (SSSR count). The lowest BCUT2D eigenvalue weighted by Crippen LogP contribution is -2.13. The Hall–Kier alpha value is -1.68. The molecule has 1 unspecified atom stereocenters. The zero-order chi connectivity index (χ0) is 12.5. The second-order valence-corrected chi connectivity index (χ2v) is 6.02. The summed E-state index contributed by atoms with van der Waals surface area (Å²) in [6.45, 7) is 0. The van der Waals surface area contributed by atoms with Crippen molar-refractivity contribution in [3.8, 4) is 0 Å². The molecule has 0 N–H and O–H groups in total. The van der Waals surface area contributed by atoms with Crippen molar-refractivity contribution in [1.82, 2.24) is 4.57 Å². The molecule has 3 nitrogen and oxygen atoms in total. The van der Waals surface area contributed by atoms with Gasteiger partial charge in [0.05, 0.1) is 5.25 Å². The summed E-state index contributed by atoms with van der Waals surface area (Å²) in [6, 6.07) is 11.5. The number of hydrogen-bond acceptors (Lipinski definition) is 2. The molecule has 1 aromatic carbocycles. The molecule has 0 spiro atoms. The lowest BCUT2D eigenvalue weighted by Gasteiger charge is -2.10.